The average Bonchev–Trinajstić information content (AvgIpc) is 2.70. The number of nitrogens with zero attached hydrogens (tertiary/aromatic N) is 1. The molecule has 0 saturated heterocycles. The molecule has 28 heavy (non-hydrogen) atoms. The standard InChI is InChI=1S/C21H22N2O5/c1-15-4-3-5-19(12-15)26-11-10-23-20(24)14-27-21(25)16(2)28-18-8-6-17(13-22)7-9-18/h3-9,12,16H,10-11,14H2,1-2H3,(H,23,24)/t16-/m1/s1. The Morgan fingerprint density at radius 3 is 2.57 bits per heavy atom. The van der Waals surface area contributed by atoms with E-state index in [9.17, 15) is 9.59 Å². The number of hydrogen-bond donors (Lipinski definition) is 1. The Kier molecular flexibility index (Phi) is 7.85. The van der Waals surface area contributed by atoms with Crippen molar-refractivity contribution in [3.05, 3.63) is 59.7 Å². The largest absolute Gasteiger partial charge is 0.492 e. The summed E-state index contributed by atoms with van der Waals surface area (Å²) < 4.78 is 15.9. The van der Waals surface area contributed by atoms with Crippen LogP contribution in [0.25, 0.3) is 0 Å². The predicted octanol–water partition coefficient (Wildman–Crippen LogP) is 2.37. The summed E-state index contributed by atoms with van der Waals surface area (Å²) in [6.45, 7) is 3.69. The Labute approximate surface area is 163 Å². The third kappa shape index (κ3) is 7.00. The molecule has 1 N–H and O–H groups in total. The highest BCUT2D eigenvalue weighted by atomic mass is 16.6. The van der Waals surface area contributed by atoms with Crippen LogP contribution >= 0.6 is 0 Å². The molecule has 1 amide bonds. The highest BCUT2D eigenvalue weighted by Gasteiger charge is 2.17. The van der Waals surface area contributed by atoms with Crippen molar-refractivity contribution in [2.45, 2.75) is 20.0 Å². The van der Waals surface area contributed by atoms with E-state index in [1.54, 1.807) is 24.3 Å². The van der Waals surface area contributed by atoms with Gasteiger partial charge in [-0.25, -0.2) is 4.79 Å². The maximum Gasteiger partial charge on any atom is 0.347 e. The van der Waals surface area contributed by atoms with Gasteiger partial charge in [-0.1, -0.05) is 12.1 Å². The number of nitriles is 1. The number of aryl methyl sites for hydroxylation is 1. The SMILES string of the molecule is Cc1cccc(OCCNC(=O)COC(=O)[C@@H](C)Oc2ccc(C#N)cc2)c1. The summed E-state index contributed by atoms with van der Waals surface area (Å²) in [4.78, 5) is 23.7. The van der Waals surface area contributed by atoms with Gasteiger partial charge in [0.25, 0.3) is 5.91 Å². The van der Waals surface area contributed by atoms with Gasteiger partial charge in [-0.05, 0) is 55.8 Å². The maximum atomic E-state index is 11.9. The van der Waals surface area contributed by atoms with Crippen molar-refractivity contribution >= 4 is 11.9 Å². The van der Waals surface area contributed by atoms with Crippen molar-refractivity contribution in [2.75, 3.05) is 19.8 Å². The first-order valence-electron chi connectivity index (χ1n) is 8.77. The van der Waals surface area contributed by atoms with Crippen molar-refractivity contribution < 1.29 is 23.8 Å². The zero-order valence-corrected chi connectivity index (χ0v) is 15.8. The molecule has 0 radical (unpaired) electrons. The number of hydrogen-bond acceptors (Lipinski definition) is 6. The predicted molar refractivity (Wildman–Crippen MR) is 102 cm³/mol. The van der Waals surface area contributed by atoms with Crippen LogP contribution in [0.4, 0.5) is 0 Å². The summed E-state index contributed by atoms with van der Waals surface area (Å²) in [5, 5.41) is 11.4. The number of carbonyl (C=O) groups is 2. The van der Waals surface area contributed by atoms with Crippen LogP contribution in [-0.4, -0.2) is 37.7 Å². The highest BCUT2D eigenvalue weighted by molar-refractivity contribution is 5.81. The summed E-state index contributed by atoms with van der Waals surface area (Å²) in [7, 11) is 0. The quantitative estimate of drug-likeness (QED) is 0.528. The van der Waals surface area contributed by atoms with Crippen LogP contribution in [-0.2, 0) is 14.3 Å². The molecule has 0 aromatic heterocycles. The van der Waals surface area contributed by atoms with Gasteiger partial charge in [-0.3, -0.25) is 4.79 Å². The number of esters is 1. The van der Waals surface area contributed by atoms with Crippen LogP contribution in [0.2, 0.25) is 0 Å². The number of nitrogens with one attached hydrogen (secondary N) is 1. The lowest BCUT2D eigenvalue weighted by Gasteiger charge is -2.14. The molecule has 0 bridgehead atoms. The molecule has 1 atom stereocenters. The molecule has 0 aliphatic carbocycles. The Bertz CT molecular complexity index is 843. The molecular formula is C21H22N2O5. The third-order valence-electron chi connectivity index (χ3n) is 3.66. The third-order valence-corrected chi connectivity index (χ3v) is 3.66. The van der Waals surface area contributed by atoms with E-state index in [0.29, 0.717) is 24.5 Å². The fourth-order valence-corrected chi connectivity index (χ4v) is 2.23. The average molecular weight is 382 g/mol. The first-order chi connectivity index (χ1) is 13.5. The smallest absolute Gasteiger partial charge is 0.347 e. The lowest BCUT2D eigenvalue weighted by Crippen LogP contribution is -2.34. The van der Waals surface area contributed by atoms with Crippen molar-refractivity contribution in [3.63, 3.8) is 0 Å². The molecule has 7 heteroatoms. The molecule has 7 nitrogen and oxygen atoms in total. The van der Waals surface area contributed by atoms with E-state index in [4.69, 9.17) is 19.5 Å². The summed E-state index contributed by atoms with van der Waals surface area (Å²) in [5.41, 5.74) is 1.58. The van der Waals surface area contributed by atoms with Crippen LogP contribution < -0.4 is 14.8 Å². The summed E-state index contributed by atoms with van der Waals surface area (Å²) >= 11 is 0. The van der Waals surface area contributed by atoms with Crippen molar-refractivity contribution in [3.8, 4) is 17.6 Å². The zero-order chi connectivity index (χ0) is 20.4. The molecule has 2 rings (SSSR count). The molecular weight excluding hydrogens is 360 g/mol. The van der Waals surface area contributed by atoms with Gasteiger partial charge in [0, 0.05) is 0 Å². The molecule has 146 valence electrons. The van der Waals surface area contributed by atoms with Crippen LogP contribution in [0.5, 0.6) is 11.5 Å². The summed E-state index contributed by atoms with van der Waals surface area (Å²) in [6.07, 6.45) is -0.884. The number of benzene rings is 2. The fraction of sp³-hybridized carbons (Fsp3) is 0.286. The van der Waals surface area contributed by atoms with Gasteiger partial charge in [-0.15, -0.1) is 0 Å². The molecule has 0 saturated carbocycles. The molecule has 0 aliphatic rings. The Balaban J connectivity index is 1.64. The van der Waals surface area contributed by atoms with Gasteiger partial charge in [0.1, 0.15) is 18.1 Å². The van der Waals surface area contributed by atoms with E-state index >= 15 is 0 Å². The maximum absolute atomic E-state index is 11.9. The summed E-state index contributed by atoms with van der Waals surface area (Å²) in [5.74, 6) is 0.0814. The van der Waals surface area contributed by atoms with E-state index in [2.05, 4.69) is 5.32 Å². The van der Waals surface area contributed by atoms with Crippen molar-refractivity contribution in [2.24, 2.45) is 0 Å². The summed E-state index contributed by atoms with van der Waals surface area (Å²) in [6, 6.07) is 15.9. The number of rotatable bonds is 9. The van der Waals surface area contributed by atoms with Crippen molar-refractivity contribution in [1.29, 1.82) is 5.26 Å². The number of amides is 1. The minimum atomic E-state index is -0.884. The van der Waals surface area contributed by atoms with Gasteiger partial charge in [0.15, 0.2) is 12.7 Å². The van der Waals surface area contributed by atoms with Crippen molar-refractivity contribution in [1.82, 2.24) is 5.32 Å². The first kappa shape index (κ1) is 20.8. The van der Waals surface area contributed by atoms with E-state index in [-0.39, 0.29) is 0 Å². The van der Waals surface area contributed by atoms with Crippen LogP contribution in [0.3, 0.4) is 0 Å². The molecule has 0 fully saturated rings. The van der Waals surface area contributed by atoms with Gasteiger partial charge in [0.05, 0.1) is 18.2 Å². The highest BCUT2D eigenvalue weighted by Crippen LogP contribution is 2.14. The Hall–Kier alpha value is -3.53. The molecule has 0 aliphatic heterocycles. The zero-order valence-electron chi connectivity index (χ0n) is 15.8. The Morgan fingerprint density at radius 1 is 1.14 bits per heavy atom. The van der Waals surface area contributed by atoms with Crippen LogP contribution in [0.15, 0.2) is 48.5 Å². The molecule has 2 aromatic rings. The van der Waals surface area contributed by atoms with Gasteiger partial charge < -0.3 is 19.5 Å². The monoisotopic (exact) mass is 382 g/mol. The van der Waals surface area contributed by atoms with Gasteiger partial charge in [0.2, 0.25) is 0 Å². The number of carbonyl (C=O) groups excluding carboxylic acids is 2. The molecule has 0 spiro atoms. The second kappa shape index (κ2) is 10.6. The normalized spacial score (nSPS) is 11.0. The second-order valence-corrected chi connectivity index (χ2v) is 6.02. The van der Waals surface area contributed by atoms with Crippen LogP contribution in [0, 0.1) is 18.3 Å². The lowest BCUT2D eigenvalue weighted by atomic mass is 10.2. The molecule has 2 aromatic carbocycles. The molecule has 0 unspecified atom stereocenters. The second-order valence-electron chi connectivity index (χ2n) is 6.02. The minimum absolute atomic E-state index is 0.293. The van der Waals surface area contributed by atoms with Gasteiger partial charge in [-0.2, -0.15) is 5.26 Å². The van der Waals surface area contributed by atoms with E-state index < -0.39 is 24.6 Å². The van der Waals surface area contributed by atoms with E-state index in [1.807, 2.05) is 37.3 Å². The lowest BCUT2D eigenvalue weighted by molar-refractivity contribution is -0.154. The van der Waals surface area contributed by atoms with Gasteiger partial charge >= 0.3 is 5.97 Å². The van der Waals surface area contributed by atoms with E-state index in [1.165, 1.54) is 6.92 Å². The van der Waals surface area contributed by atoms with Crippen LogP contribution in [0.1, 0.15) is 18.1 Å². The topological polar surface area (TPSA) is 97.7 Å². The first-order valence-corrected chi connectivity index (χ1v) is 8.77. The molecule has 0 heterocycles. The Morgan fingerprint density at radius 2 is 1.89 bits per heavy atom. The number of ether oxygens (including phenoxy) is 3. The fourth-order valence-electron chi connectivity index (χ4n) is 2.23. The minimum Gasteiger partial charge on any atom is -0.492 e. The van der Waals surface area contributed by atoms with E-state index in [0.717, 1.165) is 11.3 Å².